The molecule has 1 aliphatic heterocycles. The van der Waals surface area contributed by atoms with E-state index in [0.29, 0.717) is 30.0 Å². The van der Waals surface area contributed by atoms with Crippen LogP contribution in [0.3, 0.4) is 0 Å². The first-order valence-corrected chi connectivity index (χ1v) is 8.74. The number of hydrogen-bond acceptors (Lipinski definition) is 6. The van der Waals surface area contributed by atoms with Crippen LogP contribution in [0.2, 0.25) is 0 Å². The smallest absolute Gasteiger partial charge is 0.486 e. The van der Waals surface area contributed by atoms with Crippen molar-refractivity contribution >= 4 is 12.6 Å². The Bertz CT molecular complexity index is 798. The van der Waals surface area contributed by atoms with Crippen molar-refractivity contribution in [2.45, 2.75) is 32.2 Å². The van der Waals surface area contributed by atoms with Crippen molar-refractivity contribution in [3.05, 3.63) is 69.8 Å². The largest absolute Gasteiger partial charge is 0.496 e. The molecule has 8 heteroatoms. The Hall–Kier alpha value is -2.42. The maximum Gasteiger partial charge on any atom is 0.496 e. The zero-order valence-corrected chi connectivity index (χ0v) is 15.3. The number of hydrogen-bond donors (Lipinski definition) is 1. The predicted octanol–water partition coefficient (Wildman–Crippen LogP) is 2.10. The third-order valence-corrected chi connectivity index (χ3v) is 4.25. The summed E-state index contributed by atoms with van der Waals surface area (Å²) in [7, 11) is -1.25. The van der Waals surface area contributed by atoms with E-state index >= 15 is 0 Å². The number of rotatable bonds is 8. The van der Waals surface area contributed by atoms with Crippen LogP contribution in [0.5, 0.6) is 5.75 Å². The van der Waals surface area contributed by atoms with Gasteiger partial charge in [-0.25, -0.2) is 0 Å². The van der Waals surface area contributed by atoms with Crippen LogP contribution >= 0.6 is 0 Å². The highest BCUT2D eigenvalue weighted by molar-refractivity contribution is 6.62. The molecular formula is C19H22BNO6. The third kappa shape index (κ3) is 4.85. The Morgan fingerprint density at radius 3 is 2.67 bits per heavy atom. The normalized spacial score (nSPS) is 16.3. The Balaban J connectivity index is 1.68. The van der Waals surface area contributed by atoms with Gasteiger partial charge in [0.2, 0.25) is 6.54 Å². The fourth-order valence-corrected chi connectivity index (χ4v) is 3.08. The molecule has 2 aromatic rings. The second kappa shape index (κ2) is 8.08. The molecule has 0 aromatic heterocycles. The number of nitrogens with zero attached hydrogens (tertiary/aromatic N) is 1. The van der Waals surface area contributed by atoms with Gasteiger partial charge in [-0.15, -0.1) is 0 Å². The molecule has 0 fully saturated rings. The van der Waals surface area contributed by atoms with Gasteiger partial charge >= 0.3 is 7.12 Å². The van der Waals surface area contributed by atoms with Crippen molar-refractivity contribution in [3.63, 3.8) is 0 Å². The van der Waals surface area contributed by atoms with Gasteiger partial charge in [0.15, 0.2) is 0 Å². The molecule has 1 atom stereocenters. The summed E-state index contributed by atoms with van der Waals surface area (Å²) in [4.78, 5) is 10.4. The lowest BCUT2D eigenvalue weighted by atomic mass is 9.78. The van der Waals surface area contributed by atoms with Crippen LogP contribution in [0.4, 0.5) is 0 Å². The number of fused-ring (bicyclic) bond motifs is 1. The molecule has 27 heavy (non-hydrogen) atoms. The molecule has 0 aliphatic carbocycles. The first-order valence-electron chi connectivity index (χ1n) is 8.74. The van der Waals surface area contributed by atoms with Crippen LogP contribution in [0, 0.1) is 10.1 Å². The van der Waals surface area contributed by atoms with Crippen molar-refractivity contribution < 1.29 is 24.1 Å². The Labute approximate surface area is 158 Å². The van der Waals surface area contributed by atoms with E-state index in [1.807, 2.05) is 44.2 Å². The van der Waals surface area contributed by atoms with Crippen LogP contribution in [-0.4, -0.2) is 35.8 Å². The zero-order valence-electron chi connectivity index (χ0n) is 15.3. The quantitative estimate of drug-likeness (QED) is 0.434. The lowest BCUT2D eigenvalue weighted by Gasteiger charge is -2.27. The monoisotopic (exact) mass is 371 g/mol. The molecular weight excluding hydrogens is 349 g/mol. The van der Waals surface area contributed by atoms with E-state index in [2.05, 4.69) is 0 Å². The fourth-order valence-electron chi connectivity index (χ4n) is 3.08. The van der Waals surface area contributed by atoms with Gasteiger partial charge in [-0.05, 0) is 31.0 Å². The number of benzene rings is 2. The number of nitro groups is 1. The SMILES string of the molecule is CC(C)(COCc1ccccc1)Oc1cccc2c1B(O)OC2C[N+](=O)[O-]. The summed E-state index contributed by atoms with van der Waals surface area (Å²) in [6.45, 7) is 4.16. The average Bonchev–Trinajstić information content (AvgIpc) is 2.91. The summed E-state index contributed by atoms with van der Waals surface area (Å²) in [5.41, 5.74) is 1.43. The lowest BCUT2D eigenvalue weighted by molar-refractivity contribution is -0.490. The van der Waals surface area contributed by atoms with E-state index in [1.54, 1.807) is 18.2 Å². The zero-order chi connectivity index (χ0) is 19.4. The van der Waals surface area contributed by atoms with Gasteiger partial charge in [0.1, 0.15) is 17.5 Å². The molecule has 1 aliphatic rings. The molecule has 3 rings (SSSR count). The Morgan fingerprint density at radius 2 is 1.96 bits per heavy atom. The van der Waals surface area contributed by atoms with E-state index < -0.39 is 30.3 Å². The molecule has 0 saturated heterocycles. The highest BCUT2D eigenvalue weighted by atomic mass is 16.6. The van der Waals surface area contributed by atoms with Gasteiger partial charge in [0.25, 0.3) is 0 Å². The lowest BCUT2D eigenvalue weighted by Crippen LogP contribution is -2.38. The average molecular weight is 371 g/mol. The minimum absolute atomic E-state index is 0.334. The van der Waals surface area contributed by atoms with E-state index in [-0.39, 0.29) is 0 Å². The van der Waals surface area contributed by atoms with Gasteiger partial charge in [-0.1, -0.05) is 42.5 Å². The van der Waals surface area contributed by atoms with E-state index in [4.69, 9.17) is 14.1 Å². The molecule has 1 heterocycles. The van der Waals surface area contributed by atoms with Crippen molar-refractivity contribution in [1.82, 2.24) is 0 Å². The minimum atomic E-state index is -1.25. The standard InChI is InChI=1S/C19H22BNO6/c1-19(2,13-25-12-14-7-4-3-5-8-14)26-16-10-6-9-15-17(11-21(23)24)27-20(22)18(15)16/h3-10,17,22H,11-13H2,1-2H3. The molecule has 1 unspecified atom stereocenters. The fraction of sp³-hybridized carbons (Fsp3) is 0.368. The Kier molecular flexibility index (Phi) is 5.79. The predicted molar refractivity (Wildman–Crippen MR) is 101 cm³/mol. The molecule has 0 radical (unpaired) electrons. The van der Waals surface area contributed by atoms with E-state index in [9.17, 15) is 15.1 Å². The van der Waals surface area contributed by atoms with Crippen LogP contribution in [0.1, 0.15) is 31.1 Å². The van der Waals surface area contributed by atoms with Crippen LogP contribution in [0.25, 0.3) is 0 Å². The van der Waals surface area contributed by atoms with Gasteiger partial charge < -0.3 is 19.2 Å². The molecule has 0 spiro atoms. The summed E-state index contributed by atoms with van der Waals surface area (Å²) >= 11 is 0. The summed E-state index contributed by atoms with van der Waals surface area (Å²) in [6.07, 6.45) is -0.786. The molecule has 0 saturated carbocycles. The van der Waals surface area contributed by atoms with Gasteiger partial charge in [0.05, 0.1) is 13.2 Å². The topological polar surface area (TPSA) is 91.1 Å². The molecule has 142 valence electrons. The van der Waals surface area contributed by atoms with Crippen LogP contribution in [-0.2, 0) is 16.0 Å². The second-order valence-electron chi connectivity index (χ2n) is 7.09. The van der Waals surface area contributed by atoms with Gasteiger partial charge in [0, 0.05) is 10.4 Å². The second-order valence-corrected chi connectivity index (χ2v) is 7.09. The third-order valence-electron chi connectivity index (χ3n) is 4.25. The molecule has 0 bridgehead atoms. The van der Waals surface area contributed by atoms with E-state index in [0.717, 1.165) is 5.56 Å². The maximum absolute atomic E-state index is 10.8. The first-order chi connectivity index (χ1) is 12.9. The van der Waals surface area contributed by atoms with Crippen LogP contribution in [0.15, 0.2) is 48.5 Å². The Morgan fingerprint density at radius 1 is 1.22 bits per heavy atom. The molecule has 2 aromatic carbocycles. The molecule has 1 N–H and O–H groups in total. The minimum Gasteiger partial charge on any atom is -0.486 e. The number of ether oxygens (including phenoxy) is 2. The van der Waals surface area contributed by atoms with Crippen molar-refractivity contribution in [2.75, 3.05) is 13.2 Å². The molecule has 7 nitrogen and oxygen atoms in total. The molecule has 0 amide bonds. The van der Waals surface area contributed by atoms with Gasteiger partial charge in [-0.3, -0.25) is 10.1 Å². The van der Waals surface area contributed by atoms with Crippen molar-refractivity contribution in [1.29, 1.82) is 0 Å². The van der Waals surface area contributed by atoms with E-state index in [1.165, 1.54) is 0 Å². The highest BCUT2D eigenvalue weighted by Crippen LogP contribution is 2.29. The summed E-state index contributed by atoms with van der Waals surface area (Å²) < 4.78 is 17.2. The summed E-state index contributed by atoms with van der Waals surface area (Å²) in [5, 5.41) is 21.0. The first kappa shape index (κ1) is 19.3. The van der Waals surface area contributed by atoms with Crippen molar-refractivity contribution in [2.24, 2.45) is 0 Å². The summed E-state index contributed by atoms with van der Waals surface area (Å²) in [6, 6.07) is 15.0. The maximum atomic E-state index is 10.8. The van der Waals surface area contributed by atoms with Crippen LogP contribution < -0.4 is 10.2 Å². The highest BCUT2D eigenvalue weighted by Gasteiger charge is 2.41. The van der Waals surface area contributed by atoms with Gasteiger partial charge in [-0.2, -0.15) is 0 Å². The van der Waals surface area contributed by atoms with Crippen molar-refractivity contribution in [3.8, 4) is 5.75 Å². The summed E-state index contributed by atoms with van der Waals surface area (Å²) in [5.74, 6) is 0.444.